The fraction of sp³-hybridized carbons (Fsp3) is 0.333. The van der Waals surface area contributed by atoms with E-state index in [0.717, 1.165) is 6.07 Å². The van der Waals surface area contributed by atoms with Crippen LogP contribution in [-0.2, 0) is 0 Å². The number of piperidine rings is 1. The van der Waals surface area contributed by atoms with Crippen LogP contribution in [0.2, 0.25) is 10.0 Å². The van der Waals surface area contributed by atoms with E-state index >= 15 is 0 Å². The van der Waals surface area contributed by atoms with Crippen LogP contribution in [0.25, 0.3) is 11.1 Å². The van der Waals surface area contributed by atoms with E-state index in [0.29, 0.717) is 11.1 Å². The van der Waals surface area contributed by atoms with Crippen molar-refractivity contribution in [1.82, 2.24) is 20.1 Å². The molecule has 1 atom stereocenters. The maximum atomic E-state index is 14.1. The number of ether oxygens (including phenoxy) is 1. The van der Waals surface area contributed by atoms with E-state index in [2.05, 4.69) is 15.4 Å². The lowest BCUT2D eigenvalue weighted by atomic mass is 10.1. The Kier molecular flexibility index (Phi) is 4.06. The molecule has 0 bridgehead atoms. The highest BCUT2D eigenvalue weighted by molar-refractivity contribution is 6.36. The summed E-state index contributed by atoms with van der Waals surface area (Å²) in [5.41, 5.74) is 6.49. The molecule has 1 unspecified atom stereocenters. The zero-order valence-corrected chi connectivity index (χ0v) is 17.0. The monoisotopic (exact) mass is 456 g/mol. The van der Waals surface area contributed by atoms with Crippen LogP contribution in [0.5, 0.6) is 5.75 Å². The zero-order valence-electron chi connectivity index (χ0n) is 22.5. The van der Waals surface area contributed by atoms with Crippen LogP contribution in [-0.4, -0.2) is 27.9 Å². The third kappa shape index (κ3) is 4.24. The Bertz CT molecular complexity index is 1300. The molecule has 1 fully saturated rings. The quantitative estimate of drug-likeness (QED) is 0.525. The third-order valence-corrected chi connectivity index (χ3v) is 5.22. The summed E-state index contributed by atoms with van der Waals surface area (Å²) in [5.74, 6) is -1.17. The van der Waals surface area contributed by atoms with Crippen LogP contribution >= 0.6 is 23.2 Å². The van der Waals surface area contributed by atoms with Crippen molar-refractivity contribution in [2.75, 3.05) is 18.8 Å². The smallest absolute Gasteiger partial charge is 0.166 e. The van der Waals surface area contributed by atoms with Gasteiger partial charge in [0, 0.05) is 43.7 Å². The Morgan fingerprint density at radius 1 is 1.33 bits per heavy atom. The molecule has 1 aliphatic rings. The van der Waals surface area contributed by atoms with Gasteiger partial charge in [0.25, 0.3) is 0 Å². The SMILES string of the molecule is [2H]C([2H])([2H])C(Oc1cc(-c2cnn(C3C([2H])([2H])CNCC3([2H])[2H])c2)cnc1N)c1c(Cl)ccc(F)c1Cl. The molecule has 6 nitrogen and oxygen atoms in total. The lowest BCUT2D eigenvalue weighted by Gasteiger charge is -2.22. The minimum Gasteiger partial charge on any atom is -0.482 e. The van der Waals surface area contributed by atoms with Crippen LogP contribution < -0.4 is 15.8 Å². The number of hydrogen-bond acceptors (Lipinski definition) is 5. The molecule has 1 saturated heterocycles. The van der Waals surface area contributed by atoms with Gasteiger partial charge in [0.05, 0.1) is 17.3 Å². The van der Waals surface area contributed by atoms with E-state index in [9.17, 15) is 4.39 Å². The number of nitrogen functional groups attached to an aromatic ring is 1. The van der Waals surface area contributed by atoms with Gasteiger partial charge in [0.2, 0.25) is 0 Å². The molecule has 0 amide bonds. The zero-order chi connectivity index (χ0) is 27.3. The van der Waals surface area contributed by atoms with Gasteiger partial charge in [0.15, 0.2) is 11.6 Å². The van der Waals surface area contributed by atoms with E-state index in [1.54, 1.807) is 0 Å². The summed E-state index contributed by atoms with van der Waals surface area (Å²) in [4.78, 5) is 4.06. The van der Waals surface area contributed by atoms with Crippen molar-refractivity contribution >= 4 is 29.0 Å². The Morgan fingerprint density at radius 2 is 2.13 bits per heavy atom. The van der Waals surface area contributed by atoms with E-state index in [1.807, 2.05) is 0 Å². The molecule has 30 heavy (non-hydrogen) atoms. The second-order valence-corrected chi connectivity index (χ2v) is 7.27. The predicted molar refractivity (Wildman–Crippen MR) is 116 cm³/mol. The molecule has 2 aromatic heterocycles. The number of hydrogen-bond donors (Lipinski definition) is 2. The third-order valence-electron chi connectivity index (χ3n) is 4.51. The molecule has 158 valence electrons. The van der Waals surface area contributed by atoms with E-state index in [1.165, 1.54) is 35.4 Å². The summed E-state index contributed by atoms with van der Waals surface area (Å²) in [7, 11) is 0. The number of nitrogens with one attached hydrogen (secondary N) is 1. The molecule has 0 saturated carbocycles. The lowest BCUT2D eigenvalue weighted by molar-refractivity contribution is 0.227. The second-order valence-electron chi connectivity index (χ2n) is 6.49. The van der Waals surface area contributed by atoms with Gasteiger partial charge in [-0.05, 0) is 50.9 Å². The van der Waals surface area contributed by atoms with Crippen molar-refractivity contribution < 1.29 is 18.7 Å². The van der Waals surface area contributed by atoms with Crippen LogP contribution in [0.3, 0.4) is 0 Å². The van der Waals surface area contributed by atoms with Gasteiger partial charge in [-0.1, -0.05) is 23.2 Å². The molecule has 4 rings (SSSR count). The van der Waals surface area contributed by atoms with Crippen molar-refractivity contribution in [3.8, 4) is 16.9 Å². The fourth-order valence-corrected chi connectivity index (χ4v) is 3.53. The largest absolute Gasteiger partial charge is 0.482 e. The van der Waals surface area contributed by atoms with Gasteiger partial charge in [-0.15, -0.1) is 0 Å². The van der Waals surface area contributed by atoms with Crippen molar-refractivity contribution in [3.05, 3.63) is 58.2 Å². The number of halogens is 3. The molecular weight excluding hydrogens is 428 g/mol. The Balaban J connectivity index is 1.71. The number of rotatable bonds is 5. The Hall–Kier alpha value is -2.35. The van der Waals surface area contributed by atoms with Gasteiger partial charge < -0.3 is 15.8 Å². The topological polar surface area (TPSA) is 78.0 Å². The Labute approximate surface area is 194 Å². The first-order chi connectivity index (χ1) is 17.1. The maximum Gasteiger partial charge on any atom is 0.166 e. The van der Waals surface area contributed by atoms with Crippen molar-refractivity contribution in [2.45, 2.75) is 31.7 Å². The maximum absolute atomic E-state index is 14.1. The van der Waals surface area contributed by atoms with Crippen LogP contribution in [0.1, 0.15) is 46.9 Å². The summed E-state index contributed by atoms with van der Waals surface area (Å²) < 4.78 is 78.0. The normalized spacial score (nSPS) is 23.1. The van der Waals surface area contributed by atoms with Gasteiger partial charge >= 0.3 is 0 Å². The minimum atomic E-state index is -2.82. The molecule has 0 aliphatic carbocycles. The molecule has 1 aliphatic heterocycles. The van der Waals surface area contributed by atoms with Gasteiger partial charge in [-0.3, -0.25) is 4.68 Å². The first-order valence-electron chi connectivity index (χ1n) is 12.4. The highest BCUT2D eigenvalue weighted by Gasteiger charge is 2.21. The molecule has 3 aromatic rings. The summed E-state index contributed by atoms with van der Waals surface area (Å²) in [6.45, 7) is -2.91. The molecule has 3 heterocycles. The summed E-state index contributed by atoms with van der Waals surface area (Å²) in [5, 5.41) is 6.33. The van der Waals surface area contributed by atoms with E-state index < -0.39 is 42.6 Å². The lowest BCUT2D eigenvalue weighted by Crippen LogP contribution is -2.29. The van der Waals surface area contributed by atoms with Crippen LogP contribution in [0.15, 0.2) is 36.8 Å². The van der Waals surface area contributed by atoms with Crippen molar-refractivity contribution in [2.24, 2.45) is 0 Å². The van der Waals surface area contributed by atoms with Crippen molar-refractivity contribution in [3.63, 3.8) is 0 Å². The molecule has 3 N–H and O–H groups in total. The highest BCUT2D eigenvalue weighted by atomic mass is 35.5. The fourth-order valence-electron chi connectivity index (χ4n) is 2.96. The first-order valence-corrected chi connectivity index (χ1v) is 9.68. The number of nitrogens with two attached hydrogens (primary N) is 1. The number of nitrogens with zero attached hydrogens (tertiary/aromatic N) is 3. The first kappa shape index (κ1) is 13.9. The van der Waals surface area contributed by atoms with Gasteiger partial charge in [-0.25, -0.2) is 9.37 Å². The molecule has 9 heteroatoms. The molecule has 0 radical (unpaired) electrons. The number of anilines is 1. The number of pyridine rings is 1. The van der Waals surface area contributed by atoms with Gasteiger partial charge in [0.1, 0.15) is 11.9 Å². The summed E-state index contributed by atoms with van der Waals surface area (Å²) >= 11 is 12.2. The Morgan fingerprint density at radius 3 is 2.90 bits per heavy atom. The summed E-state index contributed by atoms with van der Waals surface area (Å²) in [6, 6.07) is 2.37. The van der Waals surface area contributed by atoms with Crippen molar-refractivity contribution in [1.29, 1.82) is 0 Å². The van der Waals surface area contributed by atoms with Crippen LogP contribution in [0, 0.1) is 5.82 Å². The highest BCUT2D eigenvalue weighted by Crippen LogP contribution is 2.37. The van der Waals surface area contributed by atoms with Crippen LogP contribution in [0.4, 0.5) is 10.2 Å². The average Bonchev–Trinajstić information content (AvgIpc) is 3.24. The number of benzene rings is 1. The standard InChI is InChI=1S/C21H22Cl2FN5O/c1-12(19-16(22)2-3-17(24)20(19)23)30-18-8-13(9-27-21(18)25)14-10-28-29(11-14)15-4-6-26-7-5-15/h2-3,8-12,15,26H,4-7H2,1H3,(H2,25,27)/i1D3,4D2,5D2. The predicted octanol–water partition coefficient (Wildman–Crippen LogP) is 5.04. The number of aromatic nitrogens is 3. The van der Waals surface area contributed by atoms with E-state index in [4.69, 9.17) is 43.3 Å². The molecule has 1 aromatic carbocycles. The molecule has 0 spiro atoms. The minimum absolute atomic E-state index is 0.0461. The second kappa shape index (κ2) is 8.79. The van der Waals surface area contributed by atoms with E-state index in [-0.39, 0.29) is 35.2 Å². The summed E-state index contributed by atoms with van der Waals surface area (Å²) in [6.07, 6.45) is -1.39. The van der Waals surface area contributed by atoms with Gasteiger partial charge in [-0.2, -0.15) is 5.10 Å². The average molecular weight is 457 g/mol. The molecular formula is C21H22Cl2FN5O.